The minimum atomic E-state index is -0.795. The molecule has 0 atom stereocenters. The van der Waals surface area contributed by atoms with Crippen LogP contribution >= 0.6 is 34.8 Å². The number of carbonyl (C=O) groups excluding carboxylic acids is 1. The van der Waals surface area contributed by atoms with Gasteiger partial charge in [0.2, 0.25) is 5.91 Å². The molecule has 0 fully saturated rings. The van der Waals surface area contributed by atoms with E-state index in [1.54, 1.807) is 12.1 Å². The summed E-state index contributed by atoms with van der Waals surface area (Å²) in [6, 6.07) is 6.00. The van der Waals surface area contributed by atoms with E-state index >= 15 is 0 Å². The average Bonchev–Trinajstić information content (AvgIpc) is 3.15. The lowest BCUT2D eigenvalue weighted by molar-refractivity contribution is -0.117. The number of hydrogen-bond donors (Lipinski definition) is 1. The highest BCUT2D eigenvalue weighted by Crippen LogP contribution is 2.32. The van der Waals surface area contributed by atoms with Gasteiger partial charge in [-0.05, 0) is 24.3 Å². The molecule has 0 aliphatic rings. The molecule has 0 radical (unpaired) electrons. The first-order valence-corrected chi connectivity index (χ1v) is 7.63. The molecule has 10 heteroatoms. The Morgan fingerprint density at radius 1 is 1.21 bits per heavy atom. The summed E-state index contributed by atoms with van der Waals surface area (Å²) in [4.78, 5) is 23.8. The third-order valence-electron chi connectivity index (χ3n) is 2.92. The summed E-state index contributed by atoms with van der Waals surface area (Å²) in [6.07, 6.45) is 1.41. The van der Waals surface area contributed by atoms with Crippen LogP contribution in [0.15, 0.2) is 44.2 Å². The van der Waals surface area contributed by atoms with Gasteiger partial charge in [-0.1, -0.05) is 34.8 Å². The number of carbonyl (C=O) groups is 1. The van der Waals surface area contributed by atoms with E-state index in [1.165, 1.54) is 18.4 Å². The van der Waals surface area contributed by atoms with Gasteiger partial charge in [0.05, 0.1) is 27.0 Å². The van der Waals surface area contributed by atoms with E-state index < -0.39 is 11.7 Å². The smallest absolute Gasteiger partial charge is 0.437 e. The standard InChI is InChI=1S/C14H8Cl3N3O4/c15-7-4-9(17)10(5-8(7)16)18-12(21)6-20-14(22)24-13(19-20)11-2-1-3-23-11/h1-5H,6H2,(H,18,21). The predicted octanol–water partition coefficient (Wildman–Crippen LogP) is 3.70. The molecule has 1 aromatic carbocycles. The Balaban J connectivity index is 1.76. The van der Waals surface area contributed by atoms with Gasteiger partial charge in [0, 0.05) is 0 Å². The van der Waals surface area contributed by atoms with Gasteiger partial charge in [0.25, 0.3) is 5.89 Å². The van der Waals surface area contributed by atoms with Crippen molar-refractivity contribution in [3.8, 4) is 11.7 Å². The Hall–Kier alpha value is -2.22. The van der Waals surface area contributed by atoms with Crippen LogP contribution in [-0.4, -0.2) is 15.7 Å². The largest absolute Gasteiger partial charge is 0.459 e. The molecule has 1 amide bonds. The number of nitrogens with one attached hydrogen (secondary N) is 1. The maximum absolute atomic E-state index is 12.1. The lowest BCUT2D eigenvalue weighted by Crippen LogP contribution is -2.26. The maximum Gasteiger partial charge on any atom is 0.437 e. The van der Waals surface area contributed by atoms with Gasteiger partial charge in [0.1, 0.15) is 6.54 Å². The zero-order valence-corrected chi connectivity index (χ0v) is 14.0. The highest BCUT2D eigenvalue weighted by Gasteiger charge is 2.16. The molecule has 0 saturated heterocycles. The number of furan rings is 1. The number of benzene rings is 1. The second-order valence-corrected chi connectivity index (χ2v) is 5.82. The quantitative estimate of drug-likeness (QED) is 0.688. The van der Waals surface area contributed by atoms with Crippen molar-refractivity contribution in [1.29, 1.82) is 0 Å². The number of halogens is 3. The van der Waals surface area contributed by atoms with E-state index in [4.69, 9.17) is 43.6 Å². The van der Waals surface area contributed by atoms with Crippen LogP contribution in [0.25, 0.3) is 11.7 Å². The summed E-state index contributed by atoms with van der Waals surface area (Å²) in [6.45, 7) is -0.375. The van der Waals surface area contributed by atoms with Crippen molar-refractivity contribution in [2.75, 3.05) is 5.32 Å². The van der Waals surface area contributed by atoms with E-state index in [9.17, 15) is 9.59 Å². The minimum Gasteiger partial charge on any atom is -0.459 e. The Morgan fingerprint density at radius 3 is 2.67 bits per heavy atom. The van der Waals surface area contributed by atoms with Crippen molar-refractivity contribution in [3.05, 3.63) is 56.1 Å². The SMILES string of the molecule is O=C(Cn1nc(-c2ccco2)oc1=O)Nc1cc(Cl)c(Cl)cc1Cl. The molecule has 2 heterocycles. The molecule has 2 aromatic heterocycles. The van der Waals surface area contributed by atoms with E-state index in [1.807, 2.05) is 0 Å². The number of nitrogens with zero attached hydrogens (tertiary/aromatic N) is 2. The zero-order chi connectivity index (χ0) is 17.3. The Labute approximate surface area is 149 Å². The molecule has 3 aromatic rings. The number of rotatable bonds is 4. The normalized spacial score (nSPS) is 10.8. The molecular weight excluding hydrogens is 381 g/mol. The van der Waals surface area contributed by atoms with Gasteiger partial charge in [-0.3, -0.25) is 4.79 Å². The van der Waals surface area contributed by atoms with Crippen LogP contribution in [0.3, 0.4) is 0 Å². The topological polar surface area (TPSA) is 90.3 Å². The van der Waals surface area contributed by atoms with Gasteiger partial charge in [-0.2, -0.15) is 4.68 Å². The van der Waals surface area contributed by atoms with Crippen molar-refractivity contribution in [1.82, 2.24) is 9.78 Å². The van der Waals surface area contributed by atoms with Crippen LogP contribution in [0.1, 0.15) is 0 Å². The third kappa shape index (κ3) is 3.48. The van der Waals surface area contributed by atoms with Gasteiger partial charge < -0.3 is 14.2 Å². The van der Waals surface area contributed by atoms with Crippen LogP contribution in [-0.2, 0) is 11.3 Å². The molecular formula is C14H8Cl3N3O4. The van der Waals surface area contributed by atoms with Gasteiger partial charge in [-0.25, -0.2) is 4.79 Å². The summed E-state index contributed by atoms with van der Waals surface area (Å²) in [5.41, 5.74) is 0.263. The average molecular weight is 389 g/mol. The Morgan fingerprint density at radius 2 is 1.96 bits per heavy atom. The molecule has 1 N–H and O–H groups in total. The minimum absolute atomic E-state index is 0.0228. The molecule has 24 heavy (non-hydrogen) atoms. The summed E-state index contributed by atoms with van der Waals surface area (Å²) in [7, 11) is 0. The molecule has 0 spiro atoms. The number of aromatic nitrogens is 2. The summed E-state index contributed by atoms with van der Waals surface area (Å²) >= 11 is 17.7. The first-order chi connectivity index (χ1) is 11.4. The molecule has 0 aliphatic heterocycles. The number of amides is 1. The molecule has 3 rings (SSSR count). The van der Waals surface area contributed by atoms with E-state index in [0.29, 0.717) is 0 Å². The lowest BCUT2D eigenvalue weighted by Gasteiger charge is -2.08. The summed E-state index contributed by atoms with van der Waals surface area (Å²) in [5.74, 6) is -1.09. The fourth-order valence-corrected chi connectivity index (χ4v) is 2.44. The van der Waals surface area contributed by atoms with Gasteiger partial charge >= 0.3 is 5.76 Å². The Kier molecular flexibility index (Phi) is 4.66. The van der Waals surface area contributed by atoms with Crippen LogP contribution in [0.4, 0.5) is 5.69 Å². The molecule has 0 aliphatic carbocycles. The lowest BCUT2D eigenvalue weighted by atomic mass is 10.3. The van der Waals surface area contributed by atoms with Crippen LogP contribution in [0.2, 0.25) is 15.1 Å². The van der Waals surface area contributed by atoms with Crippen molar-refractivity contribution < 1.29 is 13.6 Å². The van der Waals surface area contributed by atoms with Crippen LogP contribution in [0.5, 0.6) is 0 Å². The van der Waals surface area contributed by atoms with Crippen molar-refractivity contribution in [3.63, 3.8) is 0 Å². The van der Waals surface area contributed by atoms with Crippen molar-refractivity contribution >= 4 is 46.4 Å². The van der Waals surface area contributed by atoms with E-state index in [-0.39, 0.29) is 39.0 Å². The monoisotopic (exact) mass is 387 g/mol. The first kappa shape index (κ1) is 16.6. The van der Waals surface area contributed by atoms with E-state index in [0.717, 1.165) is 4.68 Å². The Bertz CT molecular complexity index is 947. The maximum atomic E-state index is 12.1. The van der Waals surface area contributed by atoms with Gasteiger partial charge in [-0.15, -0.1) is 5.10 Å². The van der Waals surface area contributed by atoms with Crippen molar-refractivity contribution in [2.45, 2.75) is 6.54 Å². The molecule has 0 saturated carbocycles. The molecule has 0 unspecified atom stereocenters. The fraction of sp³-hybridized carbons (Fsp3) is 0.0714. The number of anilines is 1. The predicted molar refractivity (Wildman–Crippen MR) is 88.6 cm³/mol. The fourth-order valence-electron chi connectivity index (χ4n) is 1.85. The summed E-state index contributed by atoms with van der Waals surface area (Å²) < 4.78 is 10.9. The highest BCUT2D eigenvalue weighted by atomic mass is 35.5. The summed E-state index contributed by atoms with van der Waals surface area (Å²) in [5, 5.41) is 7.11. The van der Waals surface area contributed by atoms with Gasteiger partial charge in [0.15, 0.2) is 5.76 Å². The van der Waals surface area contributed by atoms with Crippen LogP contribution < -0.4 is 11.1 Å². The second-order valence-electron chi connectivity index (χ2n) is 4.60. The van der Waals surface area contributed by atoms with E-state index in [2.05, 4.69) is 10.4 Å². The van der Waals surface area contributed by atoms with Crippen LogP contribution in [0, 0.1) is 0 Å². The number of hydrogen-bond acceptors (Lipinski definition) is 5. The first-order valence-electron chi connectivity index (χ1n) is 6.50. The molecule has 7 nitrogen and oxygen atoms in total. The molecule has 0 bridgehead atoms. The van der Waals surface area contributed by atoms with Crippen molar-refractivity contribution in [2.24, 2.45) is 0 Å². The highest BCUT2D eigenvalue weighted by molar-refractivity contribution is 6.44. The third-order valence-corrected chi connectivity index (χ3v) is 3.95. The molecule has 124 valence electrons. The second kappa shape index (κ2) is 6.72. The zero-order valence-electron chi connectivity index (χ0n) is 11.8.